The van der Waals surface area contributed by atoms with E-state index in [4.69, 9.17) is 24.9 Å². The van der Waals surface area contributed by atoms with E-state index in [0.29, 0.717) is 11.9 Å². The number of rotatable bonds is 6. The van der Waals surface area contributed by atoms with Crippen molar-refractivity contribution < 1.29 is 0 Å². The summed E-state index contributed by atoms with van der Waals surface area (Å²) in [7, 11) is 0. The predicted molar refractivity (Wildman–Crippen MR) is 255 cm³/mol. The highest BCUT2D eigenvalue weighted by atomic mass is 15.2. The van der Waals surface area contributed by atoms with Gasteiger partial charge in [-0.05, 0) is 65.7 Å². The monoisotopic (exact) mass is 806 g/mol. The van der Waals surface area contributed by atoms with E-state index in [0.717, 1.165) is 105 Å². The summed E-state index contributed by atoms with van der Waals surface area (Å²) in [4.78, 5) is 25.3. The maximum absolute atomic E-state index is 5.23. The third-order valence-corrected chi connectivity index (χ3v) is 12.2. The van der Waals surface area contributed by atoms with Gasteiger partial charge in [-0.15, -0.1) is 0 Å². The molecule has 0 bridgehead atoms. The Hall–Kier alpha value is -8.75. The molecule has 0 aliphatic carbocycles. The first kappa shape index (κ1) is 35.0. The normalized spacial score (nSPS) is 11.8. The van der Waals surface area contributed by atoms with Crippen LogP contribution in [0.25, 0.3) is 117 Å². The maximum Gasteiger partial charge on any atom is 0.235 e. The summed E-state index contributed by atoms with van der Waals surface area (Å²) in [5.41, 5.74) is 14.1. The molecule has 7 aromatic carbocycles. The number of pyridine rings is 1. The van der Waals surface area contributed by atoms with Gasteiger partial charge in [0, 0.05) is 44.3 Å². The summed E-state index contributed by atoms with van der Waals surface area (Å²) in [6.07, 6.45) is 5.67. The Kier molecular flexibility index (Phi) is 7.74. The average molecular weight is 807 g/mol. The van der Waals surface area contributed by atoms with Crippen LogP contribution in [0.1, 0.15) is 0 Å². The van der Waals surface area contributed by atoms with Crippen LogP contribution >= 0.6 is 0 Å². The van der Waals surface area contributed by atoms with Gasteiger partial charge in [-0.1, -0.05) is 133 Å². The highest BCUT2D eigenvalue weighted by Crippen LogP contribution is 2.39. The molecule has 0 atom stereocenters. The van der Waals surface area contributed by atoms with Crippen LogP contribution in [0.15, 0.2) is 207 Å². The summed E-state index contributed by atoms with van der Waals surface area (Å²) in [5, 5.41) is 5.63. The first-order valence-electron chi connectivity index (χ1n) is 21.0. The standard InChI is InChI=1S/C55H34N8/c1-3-14-35(15-4-1)45-32-46(36-16-5-2-6-17-36)60-55(59-45)62-48-22-11-8-19-41(48)44-30-37(26-28-50(44)62)38-25-27-42-40-18-7-10-21-47(40)63(52(42)31-38)54-57-33-39(34-58-54)61-49-23-12-9-20-43(49)53-51(61)24-13-29-56-53/h1-34H. The van der Waals surface area contributed by atoms with Gasteiger partial charge in [0.1, 0.15) is 0 Å². The third-order valence-electron chi connectivity index (χ3n) is 12.2. The molecule has 0 radical (unpaired) electrons. The number of aromatic nitrogens is 8. The van der Waals surface area contributed by atoms with E-state index in [1.165, 1.54) is 0 Å². The number of nitrogens with zero attached hydrogens (tertiary/aromatic N) is 8. The van der Waals surface area contributed by atoms with Crippen molar-refractivity contribution in [2.24, 2.45) is 0 Å². The molecule has 8 heteroatoms. The molecule has 63 heavy (non-hydrogen) atoms. The van der Waals surface area contributed by atoms with Crippen molar-refractivity contribution in [3.05, 3.63) is 207 Å². The quantitative estimate of drug-likeness (QED) is 0.167. The number of benzene rings is 7. The fraction of sp³-hybridized carbons (Fsp3) is 0. The van der Waals surface area contributed by atoms with Crippen molar-refractivity contribution in [3.8, 4) is 51.2 Å². The van der Waals surface area contributed by atoms with Crippen molar-refractivity contribution in [3.63, 3.8) is 0 Å². The summed E-state index contributed by atoms with van der Waals surface area (Å²) < 4.78 is 6.56. The van der Waals surface area contributed by atoms with Gasteiger partial charge in [0.05, 0.1) is 68.1 Å². The molecular weight excluding hydrogens is 773 g/mol. The lowest BCUT2D eigenvalue weighted by atomic mass is 10.0. The van der Waals surface area contributed by atoms with E-state index in [1.807, 2.05) is 61.1 Å². The average Bonchev–Trinajstić information content (AvgIpc) is 4.00. The molecule has 8 nitrogen and oxygen atoms in total. The Morgan fingerprint density at radius 1 is 0.302 bits per heavy atom. The van der Waals surface area contributed by atoms with E-state index >= 15 is 0 Å². The Bertz CT molecular complexity index is 3790. The van der Waals surface area contributed by atoms with Crippen LogP contribution in [0.2, 0.25) is 0 Å². The lowest BCUT2D eigenvalue weighted by molar-refractivity contribution is 0.967. The van der Waals surface area contributed by atoms with Crippen LogP contribution < -0.4 is 0 Å². The van der Waals surface area contributed by atoms with Crippen LogP contribution in [0.4, 0.5) is 0 Å². The first-order valence-corrected chi connectivity index (χ1v) is 21.0. The van der Waals surface area contributed by atoms with Crippen molar-refractivity contribution in [1.29, 1.82) is 0 Å². The van der Waals surface area contributed by atoms with E-state index in [1.54, 1.807) is 0 Å². The Labute approximate surface area is 360 Å². The fourth-order valence-corrected chi connectivity index (χ4v) is 9.39. The van der Waals surface area contributed by atoms with Crippen LogP contribution in [0, 0.1) is 0 Å². The van der Waals surface area contributed by atoms with Crippen LogP contribution in [0.5, 0.6) is 0 Å². The smallest absolute Gasteiger partial charge is 0.235 e. The molecule has 0 unspecified atom stereocenters. The summed E-state index contributed by atoms with van der Waals surface area (Å²) >= 11 is 0. The van der Waals surface area contributed by atoms with Crippen molar-refractivity contribution in [2.45, 2.75) is 0 Å². The predicted octanol–water partition coefficient (Wildman–Crippen LogP) is 13.0. The Morgan fingerprint density at radius 2 is 0.810 bits per heavy atom. The second-order valence-corrected chi connectivity index (χ2v) is 15.8. The van der Waals surface area contributed by atoms with E-state index in [9.17, 15) is 0 Å². The molecule has 0 spiro atoms. The van der Waals surface area contributed by atoms with Gasteiger partial charge in [0.2, 0.25) is 11.9 Å². The number of fused-ring (bicyclic) bond motifs is 9. The molecule has 0 amide bonds. The molecule has 13 rings (SSSR count). The van der Waals surface area contributed by atoms with E-state index in [2.05, 4.69) is 159 Å². The zero-order valence-electron chi connectivity index (χ0n) is 33.7. The number of para-hydroxylation sites is 3. The van der Waals surface area contributed by atoms with E-state index < -0.39 is 0 Å². The van der Waals surface area contributed by atoms with Crippen LogP contribution in [-0.4, -0.2) is 38.6 Å². The fourth-order valence-electron chi connectivity index (χ4n) is 9.39. The summed E-state index contributed by atoms with van der Waals surface area (Å²) in [6, 6.07) is 65.6. The first-order chi connectivity index (χ1) is 31.2. The SMILES string of the molecule is c1ccc(-c2cc(-c3ccccc3)nc(-n3c4ccccc4c4cc(-c5ccc6c7ccccc7n(-c7ncc(-n8c9ccccc9c9ncccc98)cn7)c6c5)ccc43)n2)cc1. The minimum atomic E-state index is 0.604. The lowest BCUT2D eigenvalue weighted by Gasteiger charge is -2.12. The highest BCUT2D eigenvalue weighted by Gasteiger charge is 2.20. The Morgan fingerprint density at radius 3 is 1.49 bits per heavy atom. The molecule has 6 aromatic heterocycles. The number of hydrogen-bond acceptors (Lipinski definition) is 5. The van der Waals surface area contributed by atoms with Crippen LogP contribution in [-0.2, 0) is 0 Å². The zero-order chi connectivity index (χ0) is 41.4. The minimum absolute atomic E-state index is 0.604. The van der Waals surface area contributed by atoms with Gasteiger partial charge in [0.15, 0.2) is 0 Å². The van der Waals surface area contributed by atoms with Crippen molar-refractivity contribution >= 4 is 65.5 Å². The highest BCUT2D eigenvalue weighted by molar-refractivity contribution is 6.12. The molecule has 0 saturated heterocycles. The van der Waals surface area contributed by atoms with Gasteiger partial charge >= 0.3 is 0 Å². The van der Waals surface area contributed by atoms with Gasteiger partial charge in [-0.25, -0.2) is 19.9 Å². The molecule has 294 valence electrons. The summed E-state index contributed by atoms with van der Waals surface area (Å²) in [6.45, 7) is 0. The molecule has 0 saturated carbocycles. The van der Waals surface area contributed by atoms with E-state index in [-0.39, 0.29) is 0 Å². The van der Waals surface area contributed by atoms with Crippen LogP contribution in [0.3, 0.4) is 0 Å². The largest absolute Gasteiger partial charge is 0.305 e. The second-order valence-electron chi connectivity index (χ2n) is 15.8. The van der Waals surface area contributed by atoms with Crippen molar-refractivity contribution in [2.75, 3.05) is 0 Å². The van der Waals surface area contributed by atoms with Crippen molar-refractivity contribution in [1.82, 2.24) is 38.6 Å². The molecule has 0 aliphatic heterocycles. The maximum atomic E-state index is 5.23. The second kappa shape index (κ2) is 13.9. The van der Waals surface area contributed by atoms with Gasteiger partial charge in [-0.3, -0.25) is 14.1 Å². The molecule has 0 N–H and O–H groups in total. The summed E-state index contributed by atoms with van der Waals surface area (Å²) in [5.74, 6) is 1.23. The van der Waals surface area contributed by atoms with Gasteiger partial charge in [0.25, 0.3) is 0 Å². The molecule has 0 aliphatic rings. The zero-order valence-corrected chi connectivity index (χ0v) is 33.7. The molecule has 6 heterocycles. The van der Waals surface area contributed by atoms with Gasteiger partial charge < -0.3 is 4.57 Å². The molecule has 13 aromatic rings. The van der Waals surface area contributed by atoms with Gasteiger partial charge in [-0.2, -0.15) is 0 Å². The topological polar surface area (TPSA) is 79.2 Å². The molecule has 0 fully saturated rings. The minimum Gasteiger partial charge on any atom is -0.305 e. The lowest BCUT2D eigenvalue weighted by Crippen LogP contribution is -2.04. The molecular formula is C55H34N8. The third kappa shape index (κ3) is 5.52. The Balaban J connectivity index is 0.957. The number of hydrogen-bond donors (Lipinski definition) is 0.